The third kappa shape index (κ3) is 4.90. The molecule has 106 valence electrons. The van der Waals surface area contributed by atoms with Crippen molar-refractivity contribution in [2.24, 2.45) is 0 Å². The molecule has 4 nitrogen and oxygen atoms in total. The zero-order chi connectivity index (χ0) is 14.0. The fraction of sp³-hybridized carbons (Fsp3) is 0.312. The summed E-state index contributed by atoms with van der Waals surface area (Å²) in [5.74, 6) is 1.49. The topological polar surface area (TPSA) is 43.4 Å². The maximum Gasteiger partial charge on any atom is 0.213 e. The first-order chi connectivity index (χ1) is 9.88. The number of ether oxygens (including phenoxy) is 2. The van der Waals surface area contributed by atoms with Gasteiger partial charge in [0, 0.05) is 18.8 Å². The molecule has 1 heterocycles. The van der Waals surface area contributed by atoms with E-state index in [0.29, 0.717) is 19.1 Å². The highest BCUT2D eigenvalue weighted by molar-refractivity contribution is 5.21. The van der Waals surface area contributed by atoms with Crippen molar-refractivity contribution in [1.29, 1.82) is 0 Å². The number of hydrogen-bond acceptors (Lipinski definition) is 4. The predicted octanol–water partition coefficient (Wildman–Crippen LogP) is 2.65. The number of para-hydroxylation sites is 1. The van der Waals surface area contributed by atoms with E-state index in [1.807, 2.05) is 42.5 Å². The first kappa shape index (κ1) is 14.3. The van der Waals surface area contributed by atoms with Gasteiger partial charge in [0.2, 0.25) is 5.88 Å². The Morgan fingerprint density at radius 2 is 1.85 bits per heavy atom. The molecule has 0 spiro atoms. The molecule has 0 unspecified atom stereocenters. The third-order valence-corrected chi connectivity index (χ3v) is 2.72. The van der Waals surface area contributed by atoms with Crippen molar-refractivity contribution in [2.75, 3.05) is 19.8 Å². The Labute approximate surface area is 119 Å². The molecule has 0 saturated carbocycles. The molecule has 2 rings (SSSR count). The number of aromatic nitrogens is 1. The maximum atomic E-state index is 5.58. The molecule has 1 N–H and O–H groups in total. The predicted molar refractivity (Wildman–Crippen MR) is 79.0 cm³/mol. The summed E-state index contributed by atoms with van der Waals surface area (Å²) in [6.07, 6.45) is 1.76. The van der Waals surface area contributed by atoms with Gasteiger partial charge in [0.1, 0.15) is 19.0 Å². The van der Waals surface area contributed by atoms with E-state index >= 15 is 0 Å². The lowest BCUT2D eigenvalue weighted by Gasteiger charge is -2.08. The van der Waals surface area contributed by atoms with Gasteiger partial charge < -0.3 is 14.8 Å². The molecule has 0 aliphatic rings. The van der Waals surface area contributed by atoms with Gasteiger partial charge in [-0.2, -0.15) is 0 Å². The van der Waals surface area contributed by atoms with Crippen LogP contribution in [-0.4, -0.2) is 24.7 Å². The van der Waals surface area contributed by atoms with E-state index in [2.05, 4.69) is 17.2 Å². The van der Waals surface area contributed by atoms with Crippen molar-refractivity contribution < 1.29 is 9.47 Å². The quantitative estimate of drug-likeness (QED) is 0.750. The molecular formula is C16H20N2O2. The number of nitrogens with zero attached hydrogens (tertiary/aromatic N) is 1. The van der Waals surface area contributed by atoms with Gasteiger partial charge in [0.15, 0.2) is 0 Å². The minimum Gasteiger partial charge on any atom is -0.490 e. The molecule has 0 aliphatic heterocycles. The average molecular weight is 272 g/mol. The summed E-state index contributed by atoms with van der Waals surface area (Å²) in [5, 5.41) is 3.27. The summed E-state index contributed by atoms with van der Waals surface area (Å²) in [4.78, 5) is 4.19. The molecular weight excluding hydrogens is 252 g/mol. The molecule has 0 bridgehead atoms. The monoisotopic (exact) mass is 272 g/mol. The van der Waals surface area contributed by atoms with Gasteiger partial charge >= 0.3 is 0 Å². The molecule has 1 aromatic heterocycles. The molecule has 0 saturated heterocycles. The molecule has 2 aromatic rings. The van der Waals surface area contributed by atoms with E-state index < -0.39 is 0 Å². The molecule has 0 radical (unpaired) electrons. The minimum absolute atomic E-state index is 0.479. The van der Waals surface area contributed by atoms with Crippen molar-refractivity contribution in [1.82, 2.24) is 10.3 Å². The van der Waals surface area contributed by atoms with Gasteiger partial charge in [-0.05, 0) is 30.3 Å². The van der Waals surface area contributed by atoms with Crippen LogP contribution in [0.15, 0.2) is 48.7 Å². The van der Waals surface area contributed by atoms with Crippen LogP contribution in [0.2, 0.25) is 0 Å². The minimum atomic E-state index is 0.479. The number of benzene rings is 1. The SMILES string of the molecule is CCNCc1ccnc(OCCOc2ccccc2)c1. The van der Waals surface area contributed by atoms with Crippen LogP contribution in [-0.2, 0) is 6.54 Å². The van der Waals surface area contributed by atoms with E-state index in [-0.39, 0.29) is 0 Å². The lowest BCUT2D eigenvalue weighted by Crippen LogP contribution is -2.13. The third-order valence-electron chi connectivity index (χ3n) is 2.72. The van der Waals surface area contributed by atoms with Crippen LogP contribution < -0.4 is 14.8 Å². The summed E-state index contributed by atoms with van der Waals surface area (Å²) in [6, 6.07) is 13.6. The Hall–Kier alpha value is -2.07. The second-order valence-corrected chi connectivity index (χ2v) is 4.29. The van der Waals surface area contributed by atoms with Crippen LogP contribution >= 0.6 is 0 Å². The van der Waals surface area contributed by atoms with Crippen molar-refractivity contribution in [3.8, 4) is 11.6 Å². The van der Waals surface area contributed by atoms with Gasteiger partial charge in [-0.3, -0.25) is 0 Å². The molecule has 20 heavy (non-hydrogen) atoms. The van der Waals surface area contributed by atoms with Gasteiger partial charge in [-0.15, -0.1) is 0 Å². The van der Waals surface area contributed by atoms with Crippen LogP contribution in [0.4, 0.5) is 0 Å². The second kappa shape index (κ2) is 8.17. The first-order valence-electron chi connectivity index (χ1n) is 6.85. The van der Waals surface area contributed by atoms with Crippen LogP contribution in [0.1, 0.15) is 12.5 Å². The Morgan fingerprint density at radius 1 is 1.05 bits per heavy atom. The Bertz CT molecular complexity index is 503. The first-order valence-corrected chi connectivity index (χ1v) is 6.85. The van der Waals surface area contributed by atoms with Crippen LogP contribution in [0.3, 0.4) is 0 Å². The average Bonchev–Trinajstić information content (AvgIpc) is 2.51. The van der Waals surface area contributed by atoms with Gasteiger partial charge in [-0.25, -0.2) is 4.98 Å². The standard InChI is InChI=1S/C16H20N2O2/c1-2-17-13-14-8-9-18-16(12-14)20-11-10-19-15-6-4-3-5-7-15/h3-9,12,17H,2,10-11,13H2,1H3. The molecule has 0 fully saturated rings. The molecule has 4 heteroatoms. The van der Waals surface area contributed by atoms with Crippen LogP contribution in [0, 0.1) is 0 Å². The van der Waals surface area contributed by atoms with E-state index in [1.54, 1.807) is 6.20 Å². The number of rotatable bonds is 8. The maximum absolute atomic E-state index is 5.58. The van der Waals surface area contributed by atoms with E-state index in [1.165, 1.54) is 5.56 Å². The van der Waals surface area contributed by atoms with Crippen LogP contribution in [0.5, 0.6) is 11.6 Å². The Morgan fingerprint density at radius 3 is 2.65 bits per heavy atom. The highest BCUT2D eigenvalue weighted by Crippen LogP contribution is 2.10. The molecule has 0 amide bonds. The largest absolute Gasteiger partial charge is 0.490 e. The summed E-state index contributed by atoms with van der Waals surface area (Å²) in [5.41, 5.74) is 1.17. The smallest absolute Gasteiger partial charge is 0.213 e. The fourth-order valence-corrected chi connectivity index (χ4v) is 1.73. The van der Waals surface area contributed by atoms with Crippen LogP contribution in [0.25, 0.3) is 0 Å². The lowest BCUT2D eigenvalue weighted by molar-refractivity contribution is 0.212. The summed E-state index contributed by atoms with van der Waals surface area (Å²) >= 11 is 0. The molecule has 1 aromatic carbocycles. The second-order valence-electron chi connectivity index (χ2n) is 4.29. The van der Waals surface area contributed by atoms with Crippen molar-refractivity contribution >= 4 is 0 Å². The van der Waals surface area contributed by atoms with Crippen molar-refractivity contribution in [3.63, 3.8) is 0 Å². The summed E-state index contributed by atoms with van der Waals surface area (Å²) in [7, 11) is 0. The number of pyridine rings is 1. The van der Waals surface area contributed by atoms with Gasteiger partial charge in [0.05, 0.1) is 0 Å². The molecule has 0 aliphatic carbocycles. The highest BCUT2D eigenvalue weighted by Gasteiger charge is 1.99. The van der Waals surface area contributed by atoms with E-state index in [4.69, 9.17) is 9.47 Å². The number of nitrogens with one attached hydrogen (secondary N) is 1. The van der Waals surface area contributed by atoms with Gasteiger partial charge in [-0.1, -0.05) is 25.1 Å². The Balaban J connectivity index is 1.73. The zero-order valence-electron chi connectivity index (χ0n) is 11.7. The Kier molecular flexibility index (Phi) is 5.86. The van der Waals surface area contributed by atoms with Crippen molar-refractivity contribution in [3.05, 3.63) is 54.2 Å². The fourth-order valence-electron chi connectivity index (χ4n) is 1.73. The van der Waals surface area contributed by atoms with Gasteiger partial charge in [0.25, 0.3) is 0 Å². The van der Waals surface area contributed by atoms with E-state index in [0.717, 1.165) is 18.8 Å². The highest BCUT2D eigenvalue weighted by atomic mass is 16.5. The summed E-state index contributed by atoms with van der Waals surface area (Å²) < 4.78 is 11.1. The normalized spacial score (nSPS) is 10.2. The molecule has 0 atom stereocenters. The summed E-state index contributed by atoms with van der Waals surface area (Å²) in [6.45, 7) is 4.84. The number of hydrogen-bond donors (Lipinski definition) is 1. The van der Waals surface area contributed by atoms with E-state index in [9.17, 15) is 0 Å². The zero-order valence-corrected chi connectivity index (χ0v) is 11.7. The van der Waals surface area contributed by atoms with Crippen molar-refractivity contribution in [2.45, 2.75) is 13.5 Å². The lowest BCUT2D eigenvalue weighted by atomic mass is 10.2.